The highest BCUT2D eigenvalue weighted by atomic mass is 16.3. The van der Waals surface area contributed by atoms with Crippen LogP contribution in [-0.4, -0.2) is 0 Å². The van der Waals surface area contributed by atoms with Crippen molar-refractivity contribution in [3.8, 4) is 55.8 Å². The highest BCUT2D eigenvalue weighted by molar-refractivity contribution is 5.88. The monoisotopic (exact) mass is 715 g/mol. The second-order valence-corrected chi connectivity index (χ2v) is 14.2. The Bertz CT molecular complexity index is 2870. The van der Waals surface area contributed by atoms with Crippen LogP contribution in [0.15, 0.2) is 229 Å². The molecule has 56 heavy (non-hydrogen) atoms. The first kappa shape index (κ1) is 33.2. The van der Waals surface area contributed by atoms with Gasteiger partial charge >= 0.3 is 0 Å². The van der Waals surface area contributed by atoms with E-state index in [4.69, 9.17) is 4.42 Å². The zero-order chi connectivity index (χ0) is 37.3. The van der Waals surface area contributed by atoms with E-state index < -0.39 is 0 Å². The number of anilines is 3. The summed E-state index contributed by atoms with van der Waals surface area (Å²) in [6, 6.07) is 80.1. The molecule has 0 amide bonds. The second-order valence-electron chi connectivity index (χ2n) is 14.2. The second kappa shape index (κ2) is 14.4. The van der Waals surface area contributed by atoms with E-state index in [1.807, 2.05) is 18.2 Å². The highest BCUT2D eigenvalue weighted by Crippen LogP contribution is 2.39. The summed E-state index contributed by atoms with van der Waals surface area (Å²) in [5.41, 5.74) is 14.8. The van der Waals surface area contributed by atoms with Gasteiger partial charge in [0.2, 0.25) is 0 Å². The first-order valence-corrected chi connectivity index (χ1v) is 19.1. The van der Waals surface area contributed by atoms with E-state index in [0.29, 0.717) is 0 Å². The Hall–Kier alpha value is -7.42. The number of benzene rings is 9. The maximum absolute atomic E-state index is 6.12. The smallest absolute Gasteiger partial charge is 0.135 e. The van der Waals surface area contributed by atoms with Crippen LogP contribution < -0.4 is 4.90 Å². The maximum Gasteiger partial charge on any atom is 0.135 e. The predicted octanol–water partition coefficient (Wildman–Crippen LogP) is 15.4. The Morgan fingerprint density at radius 3 is 1.14 bits per heavy atom. The average Bonchev–Trinajstić information content (AvgIpc) is 3.72. The topological polar surface area (TPSA) is 16.4 Å². The molecular formula is C54H37NO. The molecule has 0 fully saturated rings. The summed E-state index contributed by atoms with van der Waals surface area (Å²) in [6.07, 6.45) is 0. The minimum Gasteiger partial charge on any atom is -0.456 e. The van der Waals surface area contributed by atoms with Crippen molar-refractivity contribution in [3.63, 3.8) is 0 Å². The lowest BCUT2D eigenvalue weighted by Gasteiger charge is -2.26. The molecule has 0 saturated carbocycles. The largest absolute Gasteiger partial charge is 0.456 e. The lowest BCUT2D eigenvalue weighted by atomic mass is 9.99. The van der Waals surface area contributed by atoms with Crippen molar-refractivity contribution in [2.24, 2.45) is 0 Å². The molecule has 0 unspecified atom stereocenters. The Morgan fingerprint density at radius 2 is 0.625 bits per heavy atom. The van der Waals surface area contributed by atoms with Gasteiger partial charge in [-0.25, -0.2) is 0 Å². The average molecular weight is 716 g/mol. The normalized spacial score (nSPS) is 11.2. The molecule has 1 aromatic heterocycles. The third-order valence-corrected chi connectivity index (χ3v) is 10.7. The van der Waals surface area contributed by atoms with Crippen LogP contribution in [0.25, 0.3) is 77.6 Å². The molecule has 0 aliphatic rings. The van der Waals surface area contributed by atoms with Gasteiger partial charge in [-0.3, -0.25) is 0 Å². The quantitative estimate of drug-likeness (QED) is 0.156. The van der Waals surface area contributed by atoms with E-state index in [2.05, 4.69) is 211 Å². The van der Waals surface area contributed by atoms with Crippen LogP contribution in [0, 0.1) is 0 Å². The first-order valence-electron chi connectivity index (χ1n) is 19.1. The van der Waals surface area contributed by atoms with Gasteiger partial charge < -0.3 is 9.32 Å². The van der Waals surface area contributed by atoms with E-state index in [-0.39, 0.29) is 0 Å². The van der Waals surface area contributed by atoms with E-state index in [9.17, 15) is 0 Å². The molecule has 264 valence electrons. The molecule has 0 bridgehead atoms. The van der Waals surface area contributed by atoms with Crippen molar-refractivity contribution in [3.05, 3.63) is 224 Å². The molecule has 0 atom stereocenters. The van der Waals surface area contributed by atoms with Gasteiger partial charge in [-0.2, -0.15) is 0 Å². The minimum atomic E-state index is 0.880. The Morgan fingerprint density at radius 1 is 0.250 bits per heavy atom. The molecule has 0 spiro atoms. The number of hydrogen-bond donors (Lipinski definition) is 0. The van der Waals surface area contributed by atoms with Crippen molar-refractivity contribution in [1.29, 1.82) is 0 Å². The number of nitrogens with zero attached hydrogens (tertiary/aromatic N) is 1. The van der Waals surface area contributed by atoms with Crippen molar-refractivity contribution in [2.45, 2.75) is 0 Å². The van der Waals surface area contributed by atoms with Crippen LogP contribution in [0.3, 0.4) is 0 Å². The molecule has 2 heteroatoms. The SMILES string of the molecule is c1ccc(-c2ccc(-c3ccc(N(c4ccc(-c5ccc(-c6cc7ccccc7o6)cc5)cc4)c4ccc(-c5ccc6ccccc6c5)cc4)cc3)cc2)cc1. The molecule has 0 saturated heterocycles. The number of furan rings is 1. The van der Waals surface area contributed by atoms with Gasteiger partial charge in [0.1, 0.15) is 11.3 Å². The van der Waals surface area contributed by atoms with Gasteiger partial charge in [0, 0.05) is 28.0 Å². The number of fused-ring (bicyclic) bond motifs is 2. The van der Waals surface area contributed by atoms with Crippen molar-refractivity contribution in [2.75, 3.05) is 4.90 Å². The summed E-state index contributed by atoms with van der Waals surface area (Å²) in [6.45, 7) is 0. The fourth-order valence-corrected chi connectivity index (χ4v) is 7.66. The fraction of sp³-hybridized carbons (Fsp3) is 0. The summed E-state index contributed by atoms with van der Waals surface area (Å²) in [4.78, 5) is 2.33. The van der Waals surface area contributed by atoms with Crippen molar-refractivity contribution >= 4 is 38.8 Å². The van der Waals surface area contributed by atoms with Gasteiger partial charge in [0.25, 0.3) is 0 Å². The minimum absolute atomic E-state index is 0.880. The summed E-state index contributed by atoms with van der Waals surface area (Å²) >= 11 is 0. The predicted molar refractivity (Wildman–Crippen MR) is 236 cm³/mol. The van der Waals surface area contributed by atoms with Crippen LogP contribution >= 0.6 is 0 Å². The number of hydrogen-bond acceptors (Lipinski definition) is 2. The van der Waals surface area contributed by atoms with Crippen LogP contribution in [0.1, 0.15) is 0 Å². The van der Waals surface area contributed by atoms with Crippen molar-refractivity contribution in [1.82, 2.24) is 0 Å². The molecular weight excluding hydrogens is 679 g/mol. The lowest BCUT2D eigenvalue weighted by molar-refractivity contribution is 0.631. The summed E-state index contributed by atoms with van der Waals surface area (Å²) in [5, 5.41) is 3.61. The molecule has 0 radical (unpaired) electrons. The van der Waals surface area contributed by atoms with Gasteiger partial charge in [-0.05, 0) is 110 Å². The summed E-state index contributed by atoms with van der Waals surface area (Å²) in [5.74, 6) is 0.880. The number of rotatable bonds is 8. The van der Waals surface area contributed by atoms with Crippen LogP contribution in [-0.2, 0) is 0 Å². The van der Waals surface area contributed by atoms with Crippen LogP contribution in [0.4, 0.5) is 17.1 Å². The first-order chi connectivity index (χ1) is 27.7. The van der Waals surface area contributed by atoms with Crippen LogP contribution in [0.2, 0.25) is 0 Å². The van der Waals surface area contributed by atoms with E-state index >= 15 is 0 Å². The lowest BCUT2D eigenvalue weighted by Crippen LogP contribution is -2.09. The Balaban J connectivity index is 0.961. The van der Waals surface area contributed by atoms with Gasteiger partial charge in [-0.15, -0.1) is 0 Å². The van der Waals surface area contributed by atoms with Gasteiger partial charge in [-0.1, -0.05) is 170 Å². The summed E-state index contributed by atoms with van der Waals surface area (Å²) in [7, 11) is 0. The highest BCUT2D eigenvalue weighted by Gasteiger charge is 2.15. The molecule has 10 aromatic rings. The van der Waals surface area contributed by atoms with Crippen LogP contribution in [0.5, 0.6) is 0 Å². The standard InChI is InChI=1S/C54H37NO/c1-2-8-38(9-3-1)40-14-16-41(17-15-40)43-24-30-50(31-25-43)55(52-34-28-45(29-35-52)48-23-20-39-10-4-5-11-47(39)36-48)51-32-26-44(27-33-51)42-18-21-46(22-19-42)54-37-49-12-6-7-13-53(49)56-54/h1-37H. The molecule has 1 heterocycles. The van der Waals surface area contributed by atoms with Gasteiger partial charge in [0.05, 0.1) is 0 Å². The third kappa shape index (κ3) is 6.55. The summed E-state index contributed by atoms with van der Waals surface area (Å²) < 4.78 is 6.12. The van der Waals surface area contributed by atoms with E-state index in [1.165, 1.54) is 44.2 Å². The molecule has 0 N–H and O–H groups in total. The Labute approximate surface area is 327 Å². The molecule has 2 nitrogen and oxygen atoms in total. The molecule has 10 rings (SSSR count). The van der Waals surface area contributed by atoms with Gasteiger partial charge in [0.15, 0.2) is 0 Å². The van der Waals surface area contributed by atoms with E-state index in [1.54, 1.807) is 0 Å². The zero-order valence-corrected chi connectivity index (χ0v) is 30.7. The fourth-order valence-electron chi connectivity index (χ4n) is 7.66. The third-order valence-electron chi connectivity index (χ3n) is 10.7. The Kier molecular flexibility index (Phi) is 8.55. The van der Waals surface area contributed by atoms with Crippen molar-refractivity contribution < 1.29 is 4.42 Å². The molecule has 9 aromatic carbocycles. The maximum atomic E-state index is 6.12. The van der Waals surface area contributed by atoms with E-state index in [0.717, 1.165) is 50.5 Å². The zero-order valence-electron chi connectivity index (χ0n) is 30.7. The number of para-hydroxylation sites is 1. The molecule has 0 aliphatic heterocycles. The molecule has 0 aliphatic carbocycles.